The van der Waals surface area contributed by atoms with Gasteiger partial charge in [0.15, 0.2) is 0 Å². The van der Waals surface area contributed by atoms with Gasteiger partial charge in [0.05, 0.1) is 12.8 Å². The van der Waals surface area contributed by atoms with Crippen LogP contribution in [0.3, 0.4) is 0 Å². The summed E-state index contributed by atoms with van der Waals surface area (Å²) in [5.74, 6) is -1.80. The van der Waals surface area contributed by atoms with E-state index in [0.717, 1.165) is 23.7 Å². The molecule has 11 heteroatoms. The summed E-state index contributed by atoms with van der Waals surface area (Å²) in [5.41, 5.74) is 5.29. The monoisotopic (exact) mass is 422 g/mol. The first kappa shape index (κ1) is 20.3. The van der Waals surface area contributed by atoms with Crippen molar-refractivity contribution in [3.63, 3.8) is 0 Å². The van der Waals surface area contributed by atoms with Crippen molar-refractivity contribution in [3.05, 3.63) is 64.6 Å². The van der Waals surface area contributed by atoms with Crippen LogP contribution in [-0.2, 0) is 13.2 Å². The highest BCUT2D eigenvalue weighted by Crippen LogP contribution is 2.31. The number of aromatic nitrogens is 1. The van der Waals surface area contributed by atoms with Gasteiger partial charge in [-0.3, -0.25) is 10.1 Å². The van der Waals surface area contributed by atoms with Crippen LogP contribution in [0.5, 0.6) is 5.88 Å². The van der Waals surface area contributed by atoms with Crippen LogP contribution in [0.15, 0.2) is 34.9 Å². The molecule has 4 N–H and O–H groups in total. The van der Waals surface area contributed by atoms with Gasteiger partial charge in [-0.2, -0.15) is 4.37 Å². The molecule has 1 aromatic carbocycles. The van der Waals surface area contributed by atoms with E-state index in [1.807, 2.05) is 0 Å². The average Bonchev–Trinajstić information content (AvgIpc) is 3.31. The predicted molar refractivity (Wildman–Crippen MR) is 101 cm³/mol. The lowest BCUT2D eigenvalue weighted by molar-refractivity contribution is 0.0996. The number of nitrogens with two attached hydrogens (primary N) is 1. The number of aryl methyl sites for hydroxylation is 1. The Morgan fingerprint density at radius 3 is 2.79 bits per heavy atom. The highest BCUT2D eigenvalue weighted by Gasteiger charge is 2.22. The quantitative estimate of drug-likeness (QED) is 0.540. The van der Waals surface area contributed by atoms with Gasteiger partial charge in [-0.25, -0.2) is 13.6 Å². The third-order valence-electron chi connectivity index (χ3n) is 3.83. The second kappa shape index (κ2) is 8.69. The third kappa shape index (κ3) is 4.88. The highest BCUT2D eigenvalue weighted by molar-refractivity contribution is 7.11. The molecule has 0 aliphatic carbocycles. The summed E-state index contributed by atoms with van der Waals surface area (Å²) in [4.78, 5) is 23.8. The molecule has 0 bridgehead atoms. The molecule has 2 heterocycles. The number of benzene rings is 1. The van der Waals surface area contributed by atoms with Crippen molar-refractivity contribution in [2.45, 2.75) is 20.1 Å². The normalized spacial score (nSPS) is 10.6. The van der Waals surface area contributed by atoms with Crippen LogP contribution in [0.1, 0.15) is 27.2 Å². The smallest absolute Gasteiger partial charge is 0.320 e. The number of amides is 3. The summed E-state index contributed by atoms with van der Waals surface area (Å²) in [5, 5.41) is 5.04. The Balaban J connectivity index is 1.69. The second-order valence-corrected chi connectivity index (χ2v) is 6.70. The number of nitrogens with zero attached hydrogens (tertiary/aromatic N) is 1. The summed E-state index contributed by atoms with van der Waals surface area (Å²) in [7, 11) is 0. The van der Waals surface area contributed by atoms with Crippen LogP contribution in [0, 0.1) is 18.6 Å². The Kier molecular flexibility index (Phi) is 6.07. The Morgan fingerprint density at radius 2 is 2.10 bits per heavy atom. The zero-order valence-corrected chi connectivity index (χ0v) is 15.9. The number of ether oxygens (including phenoxy) is 1. The summed E-state index contributed by atoms with van der Waals surface area (Å²) in [6, 6.07) is 4.78. The molecule has 0 aliphatic rings. The van der Waals surface area contributed by atoms with Gasteiger partial charge in [-0.05, 0) is 48.3 Å². The average molecular weight is 422 g/mol. The predicted octanol–water partition coefficient (Wildman–Crippen LogP) is 3.32. The van der Waals surface area contributed by atoms with Crippen LogP contribution in [0.25, 0.3) is 0 Å². The van der Waals surface area contributed by atoms with Crippen molar-refractivity contribution >= 4 is 28.5 Å². The van der Waals surface area contributed by atoms with Gasteiger partial charge in [0, 0.05) is 5.56 Å². The molecule has 0 radical (unpaired) electrons. The number of hydrogen-bond acceptors (Lipinski definition) is 6. The first-order valence-electron chi connectivity index (χ1n) is 8.29. The molecule has 29 heavy (non-hydrogen) atoms. The van der Waals surface area contributed by atoms with E-state index < -0.39 is 23.6 Å². The van der Waals surface area contributed by atoms with Crippen LogP contribution in [0.4, 0.5) is 18.6 Å². The molecular formula is C18H16F2N4O4S. The lowest BCUT2D eigenvalue weighted by atomic mass is 10.1. The van der Waals surface area contributed by atoms with Crippen molar-refractivity contribution in [1.29, 1.82) is 0 Å². The van der Waals surface area contributed by atoms with Crippen LogP contribution < -0.4 is 21.1 Å². The van der Waals surface area contributed by atoms with Crippen LogP contribution in [0.2, 0.25) is 0 Å². The topological polar surface area (TPSA) is 119 Å². The Morgan fingerprint density at radius 1 is 1.31 bits per heavy atom. The van der Waals surface area contributed by atoms with Crippen molar-refractivity contribution in [3.8, 4) is 5.88 Å². The number of nitrogens with one attached hydrogen (secondary N) is 2. The number of hydrogen-bond donors (Lipinski definition) is 3. The Labute approximate surface area is 167 Å². The van der Waals surface area contributed by atoms with Gasteiger partial charge in [-0.15, -0.1) is 0 Å². The second-order valence-electron chi connectivity index (χ2n) is 5.92. The van der Waals surface area contributed by atoms with E-state index >= 15 is 0 Å². The van der Waals surface area contributed by atoms with Crippen LogP contribution >= 0.6 is 11.5 Å². The number of urea groups is 1. The molecule has 0 aliphatic heterocycles. The van der Waals surface area contributed by atoms with Gasteiger partial charge in [0.1, 0.15) is 34.6 Å². The van der Waals surface area contributed by atoms with Crippen molar-refractivity contribution in [1.82, 2.24) is 9.69 Å². The number of anilines is 1. The fourth-order valence-electron chi connectivity index (χ4n) is 2.35. The largest absolute Gasteiger partial charge is 0.471 e. The lowest BCUT2D eigenvalue weighted by Gasteiger charge is -2.08. The standard InChI is InChI=1S/C18H16F2N4O4S/c1-9-5-13(20)10(6-12(9)19)8-28-16-14(15(21)25)17(29-24-16)23-18(26)22-7-11-3-2-4-27-11/h2-6H,7-8H2,1H3,(H2,21,25)(H2,22,23,26). The zero-order valence-electron chi connectivity index (χ0n) is 15.1. The summed E-state index contributed by atoms with van der Waals surface area (Å²) in [6.45, 7) is 1.19. The highest BCUT2D eigenvalue weighted by atomic mass is 32.1. The van der Waals surface area contributed by atoms with Gasteiger partial charge < -0.3 is 20.2 Å². The molecule has 152 valence electrons. The van der Waals surface area contributed by atoms with E-state index in [4.69, 9.17) is 14.9 Å². The maximum absolute atomic E-state index is 13.9. The SMILES string of the molecule is Cc1cc(F)c(COc2nsc(NC(=O)NCc3ccco3)c2C(N)=O)cc1F. The minimum Gasteiger partial charge on any atom is -0.471 e. The molecule has 3 amide bonds. The first-order chi connectivity index (χ1) is 13.8. The van der Waals surface area contributed by atoms with Crippen molar-refractivity contribution in [2.24, 2.45) is 5.73 Å². The van der Waals surface area contributed by atoms with E-state index in [-0.39, 0.29) is 40.7 Å². The molecule has 0 fully saturated rings. The molecule has 8 nitrogen and oxygen atoms in total. The number of furan rings is 1. The van der Waals surface area contributed by atoms with Crippen LogP contribution in [-0.4, -0.2) is 16.3 Å². The fourth-order valence-corrected chi connectivity index (χ4v) is 3.08. The Bertz CT molecular complexity index is 1040. The van der Waals surface area contributed by atoms with E-state index in [2.05, 4.69) is 15.0 Å². The molecule has 0 atom stereocenters. The van der Waals surface area contributed by atoms with E-state index in [9.17, 15) is 18.4 Å². The van der Waals surface area contributed by atoms with Gasteiger partial charge in [-0.1, -0.05) is 0 Å². The molecular weight excluding hydrogens is 406 g/mol. The minimum atomic E-state index is -0.898. The number of halogens is 2. The molecule has 0 saturated heterocycles. The van der Waals surface area contributed by atoms with Crippen molar-refractivity contribution in [2.75, 3.05) is 5.32 Å². The molecule has 3 aromatic rings. The maximum atomic E-state index is 13.9. The molecule has 3 rings (SSSR count). The summed E-state index contributed by atoms with van der Waals surface area (Å²) >= 11 is 0.762. The number of primary amides is 1. The summed E-state index contributed by atoms with van der Waals surface area (Å²) in [6.07, 6.45) is 1.47. The third-order valence-corrected chi connectivity index (χ3v) is 4.58. The number of rotatable bonds is 7. The van der Waals surface area contributed by atoms with Gasteiger partial charge in [0.25, 0.3) is 5.91 Å². The maximum Gasteiger partial charge on any atom is 0.320 e. The van der Waals surface area contributed by atoms with Crippen molar-refractivity contribution < 1.29 is 27.5 Å². The molecule has 0 spiro atoms. The fraction of sp³-hybridized carbons (Fsp3) is 0.167. The molecule has 2 aromatic heterocycles. The lowest BCUT2D eigenvalue weighted by Crippen LogP contribution is -2.28. The first-order valence-corrected chi connectivity index (χ1v) is 9.06. The van der Waals surface area contributed by atoms with E-state index in [0.29, 0.717) is 5.76 Å². The van der Waals surface area contributed by atoms with E-state index in [1.165, 1.54) is 13.2 Å². The number of carbonyl (C=O) groups excluding carboxylic acids is 2. The summed E-state index contributed by atoms with van der Waals surface area (Å²) < 4.78 is 42.0. The Hall–Kier alpha value is -3.47. The van der Waals surface area contributed by atoms with Gasteiger partial charge in [0.2, 0.25) is 5.88 Å². The molecule has 0 saturated carbocycles. The minimum absolute atomic E-state index is 0.0535. The van der Waals surface area contributed by atoms with Gasteiger partial charge >= 0.3 is 6.03 Å². The zero-order chi connectivity index (χ0) is 21.0. The van der Waals surface area contributed by atoms with E-state index in [1.54, 1.807) is 12.1 Å². The number of carbonyl (C=O) groups is 2. The molecule has 0 unspecified atom stereocenters.